The van der Waals surface area contributed by atoms with E-state index in [9.17, 15) is 14.4 Å². The Morgan fingerprint density at radius 3 is 2.29 bits per heavy atom. The minimum atomic E-state index is -0.610. The Hall–Kier alpha value is -3.35. The van der Waals surface area contributed by atoms with Gasteiger partial charge >= 0.3 is 5.97 Å². The van der Waals surface area contributed by atoms with Crippen LogP contribution in [0.1, 0.15) is 25.3 Å². The summed E-state index contributed by atoms with van der Waals surface area (Å²) in [5.41, 5.74) is 2.25. The van der Waals surface area contributed by atoms with Gasteiger partial charge in [0.1, 0.15) is 5.75 Å². The second-order valence-corrected chi connectivity index (χ2v) is 6.08. The van der Waals surface area contributed by atoms with Crippen molar-refractivity contribution in [1.82, 2.24) is 0 Å². The van der Waals surface area contributed by atoms with Gasteiger partial charge in [-0.15, -0.1) is 0 Å². The molecule has 0 unspecified atom stereocenters. The van der Waals surface area contributed by atoms with Gasteiger partial charge in [-0.2, -0.15) is 0 Å². The van der Waals surface area contributed by atoms with Crippen molar-refractivity contribution in [3.63, 3.8) is 0 Å². The molecule has 2 aromatic rings. The van der Waals surface area contributed by atoms with Crippen molar-refractivity contribution in [1.29, 1.82) is 0 Å². The summed E-state index contributed by atoms with van der Waals surface area (Å²) in [5.74, 6) is -0.641. The molecular formula is C21H24N2O5. The van der Waals surface area contributed by atoms with Crippen molar-refractivity contribution < 1.29 is 23.9 Å². The predicted octanol–water partition coefficient (Wildman–Crippen LogP) is 3.29. The highest BCUT2D eigenvalue weighted by Gasteiger charge is 2.11. The highest BCUT2D eigenvalue weighted by molar-refractivity contribution is 5.94. The van der Waals surface area contributed by atoms with Gasteiger partial charge in [-0.3, -0.25) is 14.4 Å². The lowest BCUT2D eigenvalue weighted by atomic mass is 10.2. The van der Waals surface area contributed by atoms with Crippen molar-refractivity contribution >= 4 is 29.2 Å². The van der Waals surface area contributed by atoms with Gasteiger partial charge in [-0.05, 0) is 55.8 Å². The molecule has 148 valence electrons. The number of nitrogens with one attached hydrogen (secondary N) is 2. The molecule has 0 radical (unpaired) electrons. The molecule has 0 bridgehead atoms. The molecule has 0 fully saturated rings. The fraction of sp³-hybridized carbons (Fsp3) is 0.286. The molecule has 2 amide bonds. The number of hydrogen-bond acceptors (Lipinski definition) is 5. The van der Waals surface area contributed by atoms with Crippen LogP contribution in [-0.4, -0.2) is 31.0 Å². The second-order valence-electron chi connectivity index (χ2n) is 6.08. The topological polar surface area (TPSA) is 93.7 Å². The fourth-order valence-corrected chi connectivity index (χ4v) is 2.38. The summed E-state index contributed by atoms with van der Waals surface area (Å²) in [6.45, 7) is 3.97. The van der Waals surface area contributed by atoms with E-state index in [1.807, 2.05) is 32.0 Å². The summed E-state index contributed by atoms with van der Waals surface area (Å²) in [6, 6.07) is 14.2. The molecule has 0 saturated heterocycles. The van der Waals surface area contributed by atoms with Crippen LogP contribution in [0, 0.1) is 6.92 Å². The van der Waals surface area contributed by atoms with E-state index in [0.717, 1.165) is 5.56 Å². The molecule has 0 heterocycles. The van der Waals surface area contributed by atoms with E-state index in [0.29, 0.717) is 23.7 Å². The number of hydrogen-bond donors (Lipinski definition) is 2. The lowest BCUT2D eigenvalue weighted by molar-refractivity contribution is -0.147. The zero-order chi connectivity index (χ0) is 20.4. The first-order chi connectivity index (χ1) is 13.5. The minimum absolute atomic E-state index is 0.0362. The minimum Gasteiger partial charge on any atom is -0.494 e. The van der Waals surface area contributed by atoms with Gasteiger partial charge in [0.05, 0.1) is 13.0 Å². The summed E-state index contributed by atoms with van der Waals surface area (Å²) < 4.78 is 10.2. The maximum Gasteiger partial charge on any atom is 0.306 e. The van der Waals surface area contributed by atoms with Crippen LogP contribution < -0.4 is 15.4 Å². The Morgan fingerprint density at radius 1 is 0.893 bits per heavy atom. The molecule has 0 saturated carbocycles. The normalized spacial score (nSPS) is 10.1. The van der Waals surface area contributed by atoms with Crippen LogP contribution in [0.4, 0.5) is 11.4 Å². The summed E-state index contributed by atoms with van der Waals surface area (Å²) in [4.78, 5) is 35.4. The number of amides is 2. The van der Waals surface area contributed by atoms with Gasteiger partial charge in [0.15, 0.2) is 6.61 Å². The first-order valence-electron chi connectivity index (χ1n) is 9.01. The SMILES string of the molecule is CCOc1ccc(NC(=O)CCC(=O)OCC(=O)Nc2cccc(C)c2)cc1. The molecule has 2 N–H and O–H groups in total. The van der Waals surface area contributed by atoms with Crippen molar-refractivity contribution in [3.8, 4) is 5.75 Å². The van der Waals surface area contributed by atoms with Gasteiger partial charge in [0.2, 0.25) is 5.91 Å². The van der Waals surface area contributed by atoms with Crippen LogP contribution in [0.15, 0.2) is 48.5 Å². The molecule has 0 aliphatic heterocycles. The molecule has 0 aromatic heterocycles. The Bertz CT molecular complexity index is 818. The van der Waals surface area contributed by atoms with E-state index in [2.05, 4.69) is 10.6 Å². The average Bonchev–Trinajstić information content (AvgIpc) is 2.66. The maximum atomic E-state index is 11.9. The van der Waals surface area contributed by atoms with Gasteiger partial charge < -0.3 is 20.1 Å². The number of aryl methyl sites for hydroxylation is 1. The van der Waals surface area contributed by atoms with Gasteiger partial charge in [0, 0.05) is 17.8 Å². The first-order valence-corrected chi connectivity index (χ1v) is 9.01. The molecule has 2 rings (SSSR count). The first kappa shape index (κ1) is 21.0. The number of ether oxygens (including phenoxy) is 2. The number of carbonyl (C=O) groups is 3. The fourth-order valence-electron chi connectivity index (χ4n) is 2.38. The molecule has 0 aliphatic rings. The summed E-state index contributed by atoms with van der Waals surface area (Å²) in [7, 11) is 0. The lowest BCUT2D eigenvalue weighted by Crippen LogP contribution is -2.21. The van der Waals surface area contributed by atoms with E-state index in [1.165, 1.54) is 0 Å². The maximum absolute atomic E-state index is 11.9. The Morgan fingerprint density at radius 2 is 1.61 bits per heavy atom. The Balaban J connectivity index is 1.67. The molecule has 7 nitrogen and oxygen atoms in total. The number of carbonyl (C=O) groups excluding carboxylic acids is 3. The zero-order valence-corrected chi connectivity index (χ0v) is 16.0. The molecule has 0 aliphatic carbocycles. The van der Waals surface area contributed by atoms with Crippen LogP contribution in [0.3, 0.4) is 0 Å². The van der Waals surface area contributed by atoms with Crippen molar-refractivity contribution in [2.24, 2.45) is 0 Å². The third-order valence-electron chi connectivity index (χ3n) is 3.67. The van der Waals surface area contributed by atoms with E-state index >= 15 is 0 Å². The van der Waals surface area contributed by atoms with Gasteiger partial charge in [-0.1, -0.05) is 12.1 Å². The number of anilines is 2. The average molecular weight is 384 g/mol. The lowest BCUT2D eigenvalue weighted by Gasteiger charge is -2.08. The smallest absolute Gasteiger partial charge is 0.306 e. The third-order valence-corrected chi connectivity index (χ3v) is 3.67. The Kier molecular flexibility index (Phi) is 8.02. The van der Waals surface area contributed by atoms with Crippen molar-refractivity contribution in [2.45, 2.75) is 26.7 Å². The van der Waals surface area contributed by atoms with E-state index in [1.54, 1.807) is 30.3 Å². The third kappa shape index (κ3) is 7.49. The number of benzene rings is 2. The molecular weight excluding hydrogens is 360 g/mol. The highest BCUT2D eigenvalue weighted by Crippen LogP contribution is 2.16. The molecule has 7 heteroatoms. The van der Waals surface area contributed by atoms with Crippen molar-refractivity contribution in [2.75, 3.05) is 23.8 Å². The summed E-state index contributed by atoms with van der Waals surface area (Å²) >= 11 is 0. The monoisotopic (exact) mass is 384 g/mol. The molecule has 28 heavy (non-hydrogen) atoms. The van der Waals surface area contributed by atoms with E-state index < -0.39 is 18.5 Å². The van der Waals surface area contributed by atoms with Crippen LogP contribution in [0.25, 0.3) is 0 Å². The molecule has 0 atom stereocenters. The molecule has 0 spiro atoms. The largest absolute Gasteiger partial charge is 0.494 e. The number of esters is 1. The van der Waals surface area contributed by atoms with Crippen molar-refractivity contribution in [3.05, 3.63) is 54.1 Å². The predicted molar refractivity (Wildman–Crippen MR) is 106 cm³/mol. The highest BCUT2D eigenvalue weighted by atomic mass is 16.5. The van der Waals surface area contributed by atoms with Crippen LogP contribution in [-0.2, 0) is 19.1 Å². The van der Waals surface area contributed by atoms with Crippen LogP contribution in [0.5, 0.6) is 5.75 Å². The quantitative estimate of drug-likeness (QED) is 0.647. The summed E-state index contributed by atoms with van der Waals surface area (Å²) in [6.07, 6.45) is -0.147. The number of rotatable bonds is 9. The van der Waals surface area contributed by atoms with E-state index in [-0.39, 0.29) is 18.7 Å². The second kappa shape index (κ2) is 10.7. The van der Waals surface area contributed by atoms with Crippen LogP contribution >= 0.6 is 0 Å². The van der Waals surface area contributed by atoms with Gasteiger partial charge in [-0.25, -0.2) is 0 Å². The Labute approximate surface area is 164 Å². The van der Waals surface area contributed by atoms with E-state index in [4.69, 9.17) is 9.47 Å². The zero-order valence-electron chi connectivity index (χ0n) is 16.0. The summed E-state index contributed by atoms with van der Waals surface area (Å²) in [5, 5.41) is 5.33. The van der Waals surface area contributed by atoms with Crippen LogP contribution in [0.2, 0.25) is 0 Å². The van der Waals surface area contributed by atoms with Gasteiger partial charge in [0.25, 0.3) is 5.91 Å². The molecule has 2 aromatic carbocycles. The standard InChI is InChI=1S/C21H24N2O5/c1-3-27-18-9-7-16(8-10-18)22-19(24)11-12-21(26)28-14-20(25)23-17-6-4-5-15(2)13-17/h4-10,13H,3,11-12,14H2,1-2H3,(H,22,24)(H,23,25).